The van der Waals surface area contributed by atoms with E-state index in [1.165, 1.54) is 11.0 Å². The number of likely N-dealkylation sites (tertiary alicyclic amines) is 1. The molecule has 0 saturated carbocycles. The van der Waals surface area contributed by atoms with E-state index in [4.69, 9.17) is 5.11 Å². The molecular weight excluding hydrogens is 248 g/mol. The van der Waals surface area contributed by atoms with E-state index in [2.05, 4.69) is 5.32 Å². The second-order valence-electron chi connectivity index (χ2n) is 4.67. The van der Waals surface area contributed by atoms with Crippen LogP contribution in [0.3, 0.4) is 0 Å². The van der Waals surface area contributed by atoms with Crippen LogP contribution in [0.25, 0.3) is 0 Å². The monoisotopic (exact) mass is 264 g/mol. The molecule has 1 aromatic rings. The maximum Gasteiger partial charge on any atom is 0.337 e. The zero-order chi connectivity index (χ0) is 14.0. The smallest absolute Gasteiger partial charge is 0.337 e. The molecule has 6 nitrogen and oxygen atoms in total. The number of urea groups is 1. The van der Waals surface area contributed by atoms with Crippen LogP contribution in [-0.2, 0) is 0 Å². The van der Waals surface area contributed by atoms with E-state index >= 15 is 0 Å². The van der Waals surface area contributed by atoms with Gasteiger partial charge in [-0.15, -0.1) is 0 Å². The van der Waals surface area contributed by atoms with Crippen LogP contribution in [0.5, 0.6) is 0 Å². The first kappa shape index (κ1) is 13.4. The molecule has 1 aliphatic heterocycles. The highest BCUT2D eigenvalue weighted by Crippen LogP contribution is 2.19. The summed E-state index contributed by atoms with van der Waals surface area (Å²) in [6.45, 7) is 2.54. The number of rotatable bonds is 2. The van der Waals surface area contributed by atoms with Gasteiger partial charge in [-0.05, 0) is 25.5 Å². The van der Waals surface area contributed by atoms with Crippen molar-refractivity contribution in [2.75, 3.05) is 18.4 Å². The molecule has 6 heteroatoms. The van der Waals surface area contributed by atoms with E-state index in [9.17, 15) is 14.7 Å². The molecule has 1 aromatic carbocycles. The summed E-state index contributed by atoms with van der Waals surface area (Å²) in [7, 11) is 0. The molecule has 1 unspecified atom stereocenters. The number of carbonyl (C=O) groups is 2. The molecule has 2 rings (SSSR count). The lowest BCUT2D eigenvalue weighted by Gasteiger charge is -2.17. The van der Waals surface area contributed by atoms with Crippen molar-refractivity contribution in [1.82, 2.24) is 4.90 Å². The first-order chi connectivity index (χ1) is 8.97. The topological polar surface area (TPSA) is 89.9 Å². The second-order valence-corrected chi connectivity index (χ2v) is 4.67. The summed E-state index contributed by atoms with van der Waals surface area (Å²) < 4.78 is 0. The molecule has 3 N–H and O–H groups in total. The van der Waals surface area contributed by atoms with Crippen molar-refractivity contribution in [2.24, 2.45) is 0 Å². The van der Waals surface area contributed by atoms with Crippen LogP contribution in [0.15, 0.2) is 18.2 Å². The summed E-state index contributed by atoms with van der Waals surface area (Å²) in [4.78, 5) is 24.5. The minimum absolute atomic E-state index is 0.0631. The van der Waals surface area contributed by atoms with Crippen LogP contribution >= 0.6 is 0 Å². The van der Waals surface area contributed by atoms with Gasteiger partial charge in [0.05, 0.1) is 17.4 Å². The second kappa shape index (κ2) is 5.27. The first-order valence-electron chi connectivity index (χ1n) is 6.05. The quantitative estimate of drug-likeness (QED) is 0.750. The summed E-state index contributed by atoms with van der Waals surface area (Å²) in [6.07, 6.45) is 0.0512. The molecule has 0 aliphatic carbocycles. The number of carboxylic acids is 1. The highest BCUT2D eigenvalue weighted by atomic mass is 16.4. The van der Waals surface area contributed by atoms with E-state index in [-0.39, 0.29) is 23.8 Å². The van der Waals surface area contributed by atoms with Crippen molar-refractivity contribution in [3.63, 3.8) is 0 Å². The summed E-state index contributed by atoms with van der Waals surface area (Å²) in [5, 5.41) is 21.1. The number of aromatic carboxylic acids is 1. The number of aliphatic hydroxyl groups is 1. The lowest BCUT2D eigenvalue weighted by molar-refractivity contribution is 0.0698. The van der Waals surface area contributed by atoms with Crippen molar-refractivity contribution in [1.29, 1.82) is 0 Å². The van der Waals surface area contributed by atoms with Gasteiger partial charge in [0.2, 0.25) is 0 Å². The van der Waals surface area contributed by atoms with E-state index in [1.54, 1.807) is 19.1 Å². The number of β-amino-alcohol motifs (C(OH)–C–C–N with tert-alkyl or cyclic N) is 1. The Balaban J connectivity index is 2.14. The molecule has 0 radical (unpaired) electrons. The largest absolute Gasteiger partial charge is 0.478 e. The SMILES string of the molecule is Cc1ccc(NC(=O)N2CCC(O)C2)c(C(=O)O)c1. The zero-order valence-electron chi connectivity index (χ0n) is 10.6. The average molecular weight is 264 g/mol. The Morgan fingerprint density at radius 2 is 2.16 bits per heavy atom. The predicted molar refractivity (Wildman–Crippen MR) is 69.4 cm³/mol. The fourth-order valence-corrected chi connectivity index (χ4v) is 2.06. The zero-order valence-corrected chi connectivity index (χ0v) is 10.6. The molecule has 1 heterocycles. The average Bonchev–Trinajstić information content (AvgIpc) is 2.78. The van der Waals surface area contributed by atoms with Gasteiger partial charge >= 0.3 is 12.0 Å². The molecule has 1 aliphatic rings. The maximum absolute atomic E-state index is 11.9. The van der Waals surface area contributed by atoms with Crippen LogP contribution < -0.4 is 5.32 Å². The van der Waals surface area contributed by atoms with Crippen LogP contribution in [0.2, 0.25) is 0 Å². The molecule has 0 bridgehead atoms. The Bertz CT molecular complexity index is 515. The molecule has 0 aromatic heterocycles. The minimum atomic E-state index is -1.08. The van der Waals surface area contributed by atoms with Gasteiger partial charge in [-0.1, -0.05) is 11.6 Å². The van der Waals surface area contributed by atoms with Gasteiger partial charge in [0.15, 0.2) is 0 Å². The predicted octanol–water partition coefficient (Wildman–Crippen LogP) is 1.29. The van der Waals surface area contributed by atoms with Gasteiger partial charge in [-0.2, -0.15) is 0 Å². The standard InChI is InChI=1S/C13H16N2O4/c1-8-2-3-11(10(6-8)12(17)18)14-13(19)15-5-4-9(16)7-15/h2-3,6,9,16H,4-5,7H2,1H3,(H,14,19)(H,17,18). The molecule has 2 amide bonds. The summed E-state index contributed by atoms with van der Waals surface area (Å²) >= 11 is 0. The normalized spacial score (nSPS) is 18.4. The van der Waals surface area contributed by atoms with Crippen molar-refractivity contribution >= 4 is 17.7 Å². The number of nitrogens with one attached hydrogen (secondary N) is 1. The number of aliphatic hydroxyl groups excluding tert-OH is 1. The fourth-order valence-electron chi connectivity index (χ4n) is 2.06. The number of carboxylic acid groups (broad SMARTS) is 1. The number of benzene rings is 1. The van der Waals surface area contributed by atoms with Gasteiger partial charge in [-0.3, -0.25) is 0 Å². The highest BCUT2D eigenvalue weighted by molar-refractivity contribution is 6.00. The van der Waals surface area contributed by atoms with Gasteiger partial charge in [0, 0.05) is 13.1 Å². The molecule has 19 heavy (non-hydrogen) atoms. The van der Waals surface area contributed by atoms with Crippen molar-refractivity contribution < 1.29 is 19.8 Å². The maximum atomic E-state index is 11.9. The number of aryl methyl sites for hydroxylation is 1. The van der Waals surface area contributed by atoms with E-state index in [0.29, 0.717) is 13.0 Å². The Morgan fingerprint density at radius 3 is 2.74 bits per heavy atom. The Hall–Kier alpha value is -2.08. The van der Waals surface area contributed by atoms with Gasteiger partial charge in [-0.25, -0.2) is 9.59 Å². The van der Waals surface area contributed by atoms with E-state index < -0.39 is 12.1 Å². The lowest BCUT2D eigenvalue weighted by Crippen LogP contribution is -2.34. The summed E-state index contributed by atoms with van der Waals surface area (Å²) in [5.41, 5.74) is 1.14. The number of anilines is 1. The summed E-state index contributed by atoms with van der Waals surface area (Å²) in [5.74, 6) is -1.08. The molecular formula is C13H16N2O4. The Morgan fingerprint density at radius 1 is 1.42 bits per heavy atom. The molecule has 1 saturated heterocycles. The van der Waals surface area contributed by atoms with Crippen LogP contribution in [-0.4, -0.2) is 46.3 Å². The van der Waals surface area contributed by atoms with E-state index in [1.807, 2.05) is 0 Å². The molecule has 1 atom stereocenters. The van der Waals surface area contributed by atoms with Crippen molar-refractivity contribution in [2.45, 2.75) is 19.4 Å². The van der Waals surface area contributed by atoms with Crippen molar-refractivity contribution in [3.05, 3.63) is 29.3 Å². The number of amides is 2. The third kappa shape index (κ3) is 3.03. The van der Waals surface area contributed by atoms with Gasteiger partial charge in [0.25, 0.3) is 0 Å². The van der Waals surface area contributed by atoms with Gasteiger partial charge < -0.3 is 20.4 Å². The van der Waals surface area contributed by atoms with Crippen molar-refractivity contribution in [3.8, 4) is 0 Å². The number of hydrogen-bond acceptors (Lipinski definition) is 3. The van der Waals surface area contributed by atoms with Crippen LogP contribution in [0.1, 0.15) is 22.3 Å². The van der Waals surface area contributed by atoms with E-state index in [0.717, 1.165) is 5.56 Å². The first-order valence-corrected chi connectivity index (χ1v) is 6.05. The Kier molecular flexibility index (Phi) is 3.71. The fraction of sp³-hybridized carbons (Fsp3) is 0.385. The third-order valence-electron chi connectivity index (χ3n) is 3.10. The molecule has 102 valence electrons. The number of hydrogen-bond donors (Lipinski definition) is 3. The van der Waals surface area contributed by atoms with Crippen LogP contribution in [0, 0.1) is 6.92 Å². The highest BCUT2D eigenvalue weighted by Gasteiger charge is 2.25. The van der Waals surface area contributed by atoms with Crippen LogP contribution in [0.4, 0.5) is 10.5 Å². The Labute approximate surface area is 110 Å². The summed E-state index contributed by atoms with van der Waals surface area (Å²) in [6, 6.07) is 4.43. The van der Waals surface area contributed by atoms with Gasteiger partial charge in [0.1, 0.15) is 0 Å². The molecule has 0 spiro atoms. The minimum Gasteiger partial charge on any atom is -0.478 e. The molecule has 1 fully saturated rings. The lowest BCUT2D eigenvalue weighted by atomic mass is 10.1. The number of carbonyl (C=O) groups excluding carboxylic acids is 1. The third-order valence-corrected chi connectivity index (χ3v) is 3.10. The number of nitrogens with zero attached hydrogens (tertiary/aromatic N) is 1.